The zero-order chi connectivity index (χ0) is 15.0. The number of ether oxygens (including phenoxy) is 2. The zero-order valence-corrected chi connectivity index (χ0v) is 11.6. The van der Waals surface area contributed by atoms with E-state index >= 15 is 0 Å². The van der Waals surface area contributed by atoms with Gasteiger partial charge in [-0.05, 0) is 30.5 Å². The standard InChI is InChI=1S/C15H17NO4/c1-3-20-15(18)9-11-4-5-12(13(8-11)10-16)6-7-14(17)19-2/h4-5,8H,3,6-7,9H2,1-2H3. The molecule has 0 N–H and O–H groups in total. The van der Waals surface area contributed by atoms with Crippen LogP contribution in [0.5, 0.6) is 0 Å². The fraction of sp³-hybridized carbons (Fsp3) is 0.400. The quantitative estimate of drug-likeness (QED) is 0.739. The Morgan fingerprint density at radius 2 is 2.05 bits per heavy atom. The normalized spacial score (nSPS) is 9.65. The van der Waals surface area contributed by atoms with Crippen molar-refractivity contribution in [2.45, 2.75) is 26.2 Å². The van der Waals surface area contributed by atoms with Gasteiger partial charge in [0.05, 0.1) is 31.8 Å². The molecule has 5 heteroatoms. The first-order valence-corrected chi connectivity index (χ1v) is 6.35. The van der Waals surface area contributed by atoms with Gasteiger partial charge in [-0.25, -0.2) is 0 Å². The van der Waals surface area contributed by atoms with E-state index in [1.54, 1.807) is 25.1 Å². The minimum Gasteiger partial charge on any atom is -0.469 e. The Bertz CT molecular complexity index is 531. The van der Waals surface area contributed by atoms with Crippen LogP contribution in [0.1, 0.15) is 30.0 Å². The summed E-state index contributed by atoms with van der Waals surface area (Å²) in [4.78, 5) is 22.5. The third kappa shape index (κ3) is 4.73. The SMILES string of the molecule is CCOC(=O)Cc1ccc(CCC(=O)OC)c(C#N)c1. The third-order valence-electron chi connectivity index (χ3n) is 2.77. The Morgan fingerprint density at radius 3 is 2.65 bits per heavy atom. The number of rotatable bonds is 6. The summed E-state index contributed by atoms with van der Waals surface area (Å²) in [5.41, 5.74) is 1.96. The van der Waals surface area contributed by atoms with E-state index in [4.69, 9.17) is 10.00 Å². The molecule has 5 nitrogen and oxygen atoms in total. The molecule has 0 saturated carbocycles. The number of nitriles is 1. The maximum Gasteiger partial charge on any atom is 0.310 e. The van der Waals surface area contributed by atoms with Gasteiger partial charge in [-0.3, -0.25) is 9.59 Å². The predicted molar refractivity (Wildman–Crippen MR) is 71.8 cm³/mol. The van der Waals surface area contributed by atoms with Crippen molar-refractivity contribution in [2.75, 3.05) is 13.7 Å². The molecule has 0 bridgehead atoms. The second-order valence-electron chi connectivity index (χ2n) is 4.16. The lowest BCUT2D eigenvalue weighted by atomic mass is 9.99. The van der Waals surface area contributed by atoms with Crippen LogP contribution in [0.3, 0.4) is 0 Å². The molecule has 0 unspecified atom stereocenters. The molecule has 0 saturated heterocycles. The van der Waals surface area contributed by atoms with Gasteiger partial charge in [0.2, 0.25) is 0 Å². The van der Waals surface area contributed by atoms with Crippen molar-refractivity contribution in [3.63, 3.8) is 0 Å². The summed E-state index contributed by atoms with van der Waals surface area (Å²) in [5, 5.41) is 9.12. The molecule has 0 aliphatic carbocycles. The van der Waals surface area contributed by atoms with Crippen LogP contribution in [0.4, 0.5) is 0 Å². The number of methoxy groups -OCH3 is 1. The topological polar surface area (TPSA) is 76.4 Å². The second kappa shape index (κ2) is 7.95. The summed E-state index contributed by atoms with van der Waals surface area (Å²) < 4.78 is 9.43. The third-order valence-corrected chi connectivity index (χ3v) is 2.77. The van der Waals surface area contributed by atoms with Crippen molar-refractivity contribution in [3.05, 3.63) is 34.9 Å². The highest BCUT2D eigenvalue weighted by molar-refractivity contribution is 5.73. The molecule has 0 fully saturated rings. The molecule has 0 amide bonds. The van der Waals surface area contributed by atoms with Gasteiger partial charge >= 0.3 is 11.9 Å². The summed E-state index contributed by atoms with van der Waals surface area (Å²) in [6, 6.07) is 7.26. The summed E-state index contributed by atoms with van der Waals surface area (Å²) >= 11 is 0. The maximum absolute atomic E-state index is 11.4. The second-order valence-corrected chi connectivity index (χ2v) is 4.16. The van der Waals surface area contributed by atoms with Crippen LogP contribution in [-0.2, 0) is 31.9 Å². The van der Waals surface area contributed by atoms with Gasteiger partial charge in [0.25, 0.3) is 0 Å². The van der Waals surface area contributed by atoms with E-state index in [-0.39, 0.29) is 24.8 Å². The zero-order valence-electron chi connectivity index (χ0n) is 11.6. The lowest BCUT2D eigenvalue weighted by molar-refractivity contribution is -0.142. The summed E-state index contributed by atoms with van der Waals surface area (Å²) in [7, 11) is 1.33. The first-order valence-electron chi connectivity index (χ1n) is 6.35. The monoisotopic (exact) mass is 275 g/mol. The molecule has 0 atom stereocenters. The average molecular weight is 275 g/mol. The number of carbonyl (C=O) groups excluding carboxylic acids is 2. The van der Waals surface area contributed by atoms with Crippen LogP contribution < -0.4 is 0 Å². The van der Waals surface area contributed by atoms with Crippen molar-refractivity contribution in [1.29, 1.82) is 5.26 Å². The van der Waals surface area contributed by atoms with Crippen molar-refractivity contribution in [1.82, 2.24) is 0 Å². The Kier molecular flexibility index (Phi) is 6.24. The van der Waals surface area contributed by atoms with Crippen molar-refractivity contribution in [3.8, 4) is 6.07 Å². The largest absolute Gasteiger partial charge is 0.469 e. The molecule has 0 aliphatic heterocycles. The Morgan fingerprint density at radius 1 is 1.30 bits per heavy atom. The van der Waals surface area contributed by atoms with E-state index in [9.17, 15) is 9.59 Å². The van der Waals surface area contributed by atoms with E-state index in [0.717, 1.165) is 11.1 Å². The van der Waals surface area contributed by atoms with Crippen LogP contribution in [0, 0.1) is 11.3 Å². The van der Waals surface area contributed by atoms with Gasteiger partial charge in [0, 0.05) is 6.42 Å². The molecule has 0 radical (unpaired) electrons. The minimum absolute atomic E-state index is 0.139. The molecule has 106 valence electrons. The summed E-state index contributed by atoms with van der Waals surface area (Å²) in [6.07, 6.45) is 0.803. The van der Waals surface area contributed by atoms with E-state index in [1.165, 1.54) is 7.11 Å². The van der Waals surface area contributed by atoms with Gasteiger partial charge in [0.15, 0.2) is 0 Å². The van der Waals surface area contributed by atoms with Gasteiger partial charge < -0.3 is 9.47 Å². The molecule has 1 aromatic carbocycles. The van der Waals surface area contributed by atoms with Crippen LogP contribution in [0.15, 0.2) is 18.2 Å². The Hall–Kier alpha value is -2.35. The molecule has 0 spiro atoms. The summed E-state index contributed by atoms with van der Waals surface area (Å²) in [6.45, 7) is 2.08. The van der Waals surface area contributed by atoms with Crippen LogP contribution in [0.2, 0.25) is 0 Å². The van der Waals surface area contributed by atoms with Crippen molar-refractivity contribution >= 4 is 11.9 Å². The Balaban J connectivity index is 2.78. The molecule has 20 heavy (non-hydrogen) atoms. The number of esters is 2. The van der Waals surface area contributed by atoms with E-state index < -0.39 is 0 Å². The molecular formula is C15H17NO4. The van der Waals surface area contributed by atoms with E-state index in [1.807, 2.05) is 0 Å². The van der Waals surface area contributed by atoms with E-state index in [2.05, 4.69) is 10.8 Å². The van der Waals surface area contributed by atoms with Crippen molar-refractivity contribution in [2.24, 2.45) is 0 Å². The molecule has 1 rings (SSSR count). The van der Waals surface area contributed by atoms with Crippen LogP contribution in [-0.4, -0.2) is 25.7 Å². The molecule has 0 heterocycles. The van der Waals surface area contributed by atoms with Crippen LogP contribution in [0.25, 0.3) is 0 Å². The number of hydrogen-bond acceptors (Lipinski definition) is 5. The predicted octanol–water partition coefficient (Wildman–Crippen LogP) is 1.77. The van der Waals surface area contributed by atoms with Gasteiger partial charge in [-0.15, -0.1) is 0 Å². The number of nitrogens with zero attached hydrogens (tertiary/aromatic N) is 1. The molecule has 1 aromatic rings. The van der Waals surface area contributed by atoms with Gasteiger partial charge in [0.1, 0.15) is 0 Å². The highest BCUT2D eigenvalue weighted by Crippen LogP contribution is 2.14. The lowest BCUT2D eigenvalue weighted by Crippen LogP contribution is -2.08. The average Bonchev–Trinajstić information content (AvgIpc) is 2.45. The number of hydrogen-bond donors (Lipinski definition) is 0. The molecule has 0 aromatic heterocycles. The highest BCUT2D eigenvalue weighted by Gasteiger charge is 2.09. The Labute approximate surface area is 118 Å². The fourth-order valence-electron chi connectivity index (χ4n) is 1.77. The minimum atomic E-state index is -0.321. The maximum atomic E-state index is 11.4. The highest BCUT2D eigenvalue weighted by atomic mass is 16.5. The number of benzene rings is 1. The van der Waals surface area contributed by atoms with Gasteiger partial charge in [-0.2, -0.15) is 5.26 Å². The molecule has 0 aliphatic rings. The fourth-order valence-corrected chi connectivity index (χ4v) is 1.77. The number of aryl methyl sites for hydroxylation is 1. The first-order chi connectivity index (χ1) is 9.60. The first kappa shape index (κ1) is 15.7. The number of carbonyl (C=O) groups is 2. The summed E-state index contributed by atoms with van der Waals surface area (Å²) in [5.74, 6) is -0.636. The van der Waals surface area contributed by atoms with Crippen LogP contribution >= 0.6 is 0 Å². The van der Waals surface area contributed by atoms with E-state index in [0.29, 0.717) is 18.6 Å². The molecular weight excluding hydrogens is 258 g/mol. The van der Waals surface area contributed by atoms with Crippen molar-refractivity contribution < 1.29 is 19.1 Å². The van der Waals surface area contributed by atoms with Gasteiger partial charge in [-0.1, -0.05) is 12.1 Å². The lowest BCUT2D eigenvalue weighted by Gasteiger charge is -2.06. The smallest absolute Gasteiger partial charge is 0.310 e.